The maximum atomic E-state index is 6.57. The molecule has 3 aromatic rings. The molecule has 2 aliphatic heterocycles. The summed E-state index contributed by atoms with van der Waals surface area (Å²) in [5, 5.41) is 2.03. The highest BCUT2D eigenvalue weighted by Gasteiger charge is 2.34. The molecule has 0 spiro atoms. The molecule has 3 heteroatoms. The first kappa shape index (κ1) is 14.6. The maximum Gasteiger partial charge on any atom is 0.183 e. The number of rotatable bonds is 1. The third-order valence-corrected chi connectivity index (χ3v) is 5.11. The maximum absolute atomic E-state index is 6.57. The lowest BCUT2D eigenvalue weighted by atomic mass is 9.97. The summed E-state index contributed by atoms with van der Waals surface area (Å²) in [5.41, 5.74) is 6.32. The normalized spacial score (nSPS) is 18.8. The molecule has 5 rings (SSSR count). The van der Waals surface area contributed by atoms with E-state index in [0.717, 1.165) is 25.2 Å². The quantitative estimate of drug-likeness (QED) is 0.644. The van der Waals surface area contributed by atoms with Gasteiger partial charge in [0, 0.05) is 17.8 Å². The minimum atomic E-state index is -0.0891. The van der Waals surface area contributed by atoms with Gasteiger partial charge in [-0.05, 0) is 35.7 Å². The second kappa shape index (κ2) is 5.94. The van der Waals surface area contributed by atoms with E-state index in [2.05, 4.69) is 77.7 Å². The summed E-state index contributed by atoms with van der Waals surface area (Å²) < 4.78 is 0. The molecular weight excluding hydrogens is 308 g/mol. The Hall–Kier alpha value is -2.78. The first-order valence-electron chi connectivity index (χ1n) is 8.82. The van der Waals surface area contributed by atoms with Crippen LogP contribution in [0.1, 0.15) is 22.9 Å². The number of anilines is 2. The Morgan fingerprint density at radius 2 is 1.48 bits per heavy atom. The Kier molecular flexibility index (Phi) is 3.46. The van der Waals surface area contributed by atoms with Crippen molar-refractivity contribution in [1.82, 2.24) is 0 Å². The average Bonchev–Trinajstić information content (AvgIpc) is 2.86. The highest BCUT2D eigenvalue weighted by molar-refractivity contribution is 5.59. The van der Waals surface area contributed by atoms with Crippen LogP contribution in [0.15, 0.2) is 78.9 Å². The summed E-state index contributed by atoms with van der Waals surface area (Å²) in [6.45, 7) is 1.72. The lowest BCUT2D eigenvalue weighted by Gasteiger charge is -2.38. The fraction of sp³-hybridized carbons (Fsp3) is 0.182. The van der Waals surface area contributed by atoms with Gasteiger partial charge in [-0.1, -0.05) is 60.7 Å². The van der Waals surface area contributed by atoms with E-state index in [0.29, 0.717) is 0 Å². The van der Waals surface area contributed by atoms with Gasteiger partial charge in [-0.2, -0.15) is 0 Å². The van der Waals surface area contributed by atoms with Crippen molar-refractivity contribution >= 4 is 11.4 Å². The highest BCUT2D eigenvalue weighted by atomic mass is 16.7. The topological polar surface area (TPSA) is 15.7 Å². The molecule has 0 aliphatic carbocycles. The van der Waals surface area contributed by atoms with E-state index < -0.39 is 0 Å². The van der Waals surface area contributed by atoms with Crippen molar-refractivity contribution in [2.24, 2.45) is 0 Å². The smallest absolute Gasteiger partial charge is 0.183 e. The third-order valence-electron chi connectivity index (χ3n) is 5.11. The monoisotopic (exact) mass is 328 g/mol. The standard InChI is InChI=1S/C22H20N2O/c1-2-10-19(11-3-1)24-16-18-9-5-7-13-21(18)23-15-14-17-8-4-6-12-20(17)22(23)25-24/h1-13,22H,14-16H2. The lowest BCUT2D eigenvalue weighted by molar-refractivity contribution is 0.0272. The molecule has 0 radical (unpaired) electrons. The van der Waals surface area contributed by atoms with Crippen molar-refractivity contribution in [3.63, 3.8) is 0 Å². The van der Waals surface area contributed by atoms with E-state index in [1.54, 1.807) is 0 Å². The molecule has 0 amide bonds. The van der Waals surface area contributed by atoms with E-state index in [9.17, 15) is 0 Å². The van der Waals surface area contributed by atoms with Gasteiger partial charge >= 0.3 is 0 Å². The molecule has 1 unspecified atom stereocenters. The fourth-order valence-corrected chi connectivity index (χ4v) is 3.87. The number of hydrogen-bond donors (Lipinski definition) is 0. The zero-order valence-corrected chi connectivity index (χ0v) is 14.0. The zero-order valence-electron chi connectivity index (χ0n) is 14.0. The minimum absolute atomic E-state index is 0.0891. The van der Waals surface area contributed by atoms with E-state index in [-0.39, 0.29) is 6.23 Å². The SMILES string of the molecule is c1ccc(N2Cc3ccccc3N3CCc4ccccc4C3O2)cc1. The number of fused-ring (bicyclic) bond motifs is 5. The van der Waals surface area contributed by atoms with E-state index in [1.807, 2.05) is 11.1 Å². The molecule has 124 valence electrons. The molecule has 0 N–H and O–H groups in total. The van der Waals surface area contributed by atoms with Gasteiger partial charge in [-0.15, -0.1) is 0 Å². The average molecular weight is 328 g/mol. The minimum Gasteiger partial charge on any atom is -0.340 e. The van der Waals surface area contributed by atoms with Crippen LogP contribution in [0.4, 0.5) is 11.4 Å². The van der Waals surface area contributed by atoms with Gasteiger partial charge in [-0.25, -0.2) is 9.90 Å². The summed E-state index contributed by atoms with van der Waals surface area (Å²) in [6.07, 6.45) is 0.962. The first-order chi connectivity index (χ1) is 12.4. The van der Waals surface area contributed by atoms with Crippen molar-refractivity contribution in [1.29, 1.82) is 0 Å². The summed E-state index contributed by atoms with van der Waals surface area (Å²) in [4.78, 5) is 8.97. The summed E-state index contributed by atoms with van der Waals surface area (Å²) in [6, 6.07) is 27.7. The summed E-state index contributed by atoms with van der Waals surface area (Å²) in [5.74, 6) is 0. The Morgan fingerprint density at radius 3 is 2.36 bits per heavy atom. The number of benzene rings is 3. The van der Waals surface area contributed by atoms with Crippen molar-refractivity contribution in [2.75, 3.05) is 16.5 Å². The van der Waals surface area contributed by atoms with Crippen LogP contribution in [0.2, 0.25) is 0 Å². The lowest BCUT2D eigenvalue weighted by Crippen LogP contribution is -2.38. The predicted octanol–water partition coefficient (Wildman–Crippen LogP) is 4.70. The fourth-order valence-electron chi connectivity index (χ4n) is 3.87. The Balaban J connectivity index is 1.65. The van der Waals surface area contributed by atoms with E-state index >= 15 is 0 Å². The second-order valence-electron chi connectivity index (χ2n) is 6.60. The summed E-state index contributed by atoms with van der Waals surface area (Å²) >= 11 is 0. The predicted molar refractivity (Wildman–Crippen MR) is 100 cm³/mol. The Bertz CT molecular complexity index is 893. The largest absolute Gasteiger partial charge is 0.340 e. The van der Waals surface area contributed by atoms with Crippen LogP contribution in [0.3, 0.4) is 0 Å². The van der Waals surface area contributed by atoms with Crippen LogP contribution in [0.25, 0.3) is 0 Å². The summed E-state index contributed by atoms with van der Waals surface area (Å²) in [7, 11) is 0. The molecule has 3 nitrogen and oxygen atoms in total. The van der Waals surface area contributed by atoms with Crippen LogP contribution in [0.5, 0.6) is 0 Å². The molecule has 0 saturated heterocycles. The molecule has 0 bridgehead atoms. The van der Waals surface area contributed by atoms with Crippen LogP contribution >= 0.6 is 0 Å². The molecule has 2 aliphatic rings. The molecule has 0 aromatic heterocycles. The number of hydroxylamine groups is 1. The van der Waals surface area contributed by atoms with Gasteiger partial charge in [0.05, 0.1) is 12.2 Å². The molecule has 25 heavy (non-hydrogen) atoms. The number of para-hydroxylation sites is 2. The third kappa shape index (κ3) is 2.48. The van der Waals surface area contributed by atoms with Crippen molar-refractivity contribution < 1.29 is 4.84 Å². The van der Waals surface area contributed by atoms with Gasteiger partial charge in [0.2, 0.25) is 0 Å². The van der Waals surface area contributed by atoms with E-state index in [1.165, 1.54) is 22.4 Å². The van der Waals surface area contributed by atoms with Crippen LogP contribution < -0.4 is 9.96 Å². The van der Waals surface area contributed by atoms with Crippen molar-refractivity contribution in [3.8, 4) is 0 Å². The van der Waals surface area contributed by atoms with Gasteiger partial charge in [-0.3, -0.25) is 0 Å². The van der Waals surface area contributed by atoms with Gasteiger partial charge in [0.25, 0.3) is 0 Å². The zero-order chi connectivity index (χ0) is 16.6. The molecule has 2 heterocycles. The van der Waals surface area contributed by atoms with Crippen molar-refractivity contribution in [3.05, 3.63) is 95.6 Å². The van der Waals surface area contributed by atoms with Crippen molar-refractivity contribution in [2.45, 2.75) is 19.2 Å². The van der Waals surface area contributed by atoms with E-state index in [4.69, 9.17) is 4.84 Å². The van der Waals surface area contributed by atoms with Gasteiger partial charge in [0.1, 0.15) is 0 Å². The molecular formula is C22H20N2O. The van der Waals surface area contributed by atoms with Crippen LogP contribution in [-0.2, 0) is 17.8 Å². The molecule has 0 saturated carbocycles. The Morgan fingerprint density at radius 1 is 0.760 bits per heavy atom. The van der Waals surface area contributed by atoms with Gasteiger partial charge < -0.3 is 4.90 Å². The Labute approximate surface area is 148 Å². The molecule has 1 atom stereocenters. The number of nitrogens with zero attached hydrogens (tertiary/aromatic N) is 2. The molecule has 3 aromatic carbocycles. The van der Waals surface area contributed by atoms with Gasteiger partial charge in [0.15, 0.2) is 6.23 Å². The first-order valence-corrected chi connectivity index (χ1v) is 8.82. The highest BCUT2D eigenvalue weighted by Crippen LogP contribution is 2.40. The number of hydrogen-bond acceptors (Lipinski definition) is 3. The van der Waals surface area contributed by atoms with Crippen LogP contribution in [0, 0.1) is 0 Å². The second-order valence-corrected chi connectivity index (χ2v) is 6.60. The van der Waals surface area contributed by atoms with Crippen LogP contribution in [-0.4, -0.2) is 6.54 Å². The molecule has 0 fully saturated rings.